The van der Waals surface area contributed by atoms with E-state index in [-0.39, 0.29) is 24.2 Å². The van der Waals surface area contributed by atoms with Gasteiger partial charge in [-0.15, -0.1) is 0 Å². The molecule has 82 valence electrons. The number of nitriles is 1. The maximum Gasteiger partial charge on any atom is 0.282 e. The molecule has 0 bridgehead atoms. The predicted octanol–water partition coefficient (Wildman–Crippen LogP) is 1.24. The number of nitro benzene ring substituents is 1. The fourth-order valence-corrected chi connectivity index (χ4v) is 1.15. The van der Waals surface area contributed by atoms with E-state index < -0.39 is 10.8 Å². The number of nitrogens with one attached hydrogen (secondary N) is 1. The van der Waals surface area contributed by atoms with Gasteiger partial charge in [0.25, 0.3) is 11.6 Å². The summed E-state index contributed by atoms with van der Waals surface area (Å²) < 4.78 is 0. The number of nitro groups is 1. The quantitative estimate of drug-likeness (QED) is 0.468. The molecular formula is C10H9N3O3. The Labute approximate surface area is 91.6 Å². The lowest BCUT2D eigenvalue weighted by molar-refractivity contribution is -0.385. The van der Waals surface area contributed by atoms with Crippen LogP contribution >= 0.6 is 0 Å². The molecule has 0 saturated carbocycles. The molecule has 0 fully saturated rings. The molecule has 1 N–H and O–H groups in total. The van der Waals surface area contributed by atoms with Crippen LogP contribution in [-0.4, -0.2) is 17.4 Å². The standard InChI is InChI=1S/C10H9N3O3/c11-6-3-7-12-10(14)8-4-1-2-5-9(8)13(15)16/h1-2,4-5H,3,7H2,(H,12,14). The highest BCUT2D eigenvalue weighted by molar-refractivity contribution is 5.98. The Bertz CT molecular complexity index is 451. The van der Waals surface area contributed by atoms with Gasteiger partial charge in [0, 0.05) is 12.6 Å². The molecule has 1 aromatic carbocycles. The molecule has 0 saturated heterocycles. The van der Waals surface area contributed by atoms with Crippen LogP contribution in [0.15, 0.2) is 24.3 Å². The minimum Gasteiger partial charge on any atom is -0.351 e. The van der Waals surface area contributed by atoms with Gasteiger partial charge in [-0.3, -0.25) is 14.9 Å². The summed E-state index contributed by atoms with van der Waals surface area (Å²) in [6, 6.07) is 7.54. The molecule has 0 radical (unpaired) electrons. The Hall–Kier alpha value is -2.42. The molecule has 0 aromatic heterocycles. The van der Waals surface area contributed by atoms with Crippen molar-refractivity contribution in [2.75, 3.05) is 6.54 Å². The van der Waals surface area contributed by atoms with Crippen molar-refractivity contribution in [1.29, 1.82) is 5.26 Å². The number of carbonyl (C=O) groups is 1. The second kappa shape index (κ2) is 5.46. The van der Waals surface area contributed by atoms with Crippen molar-refractivity contribution in [1.82, 2.24) is 5.32 Å². The minimum atomic E-state index is -0.612. The molecule has 0 spiro atoms. The van der Waals surface area contributed by atoms with Crippen LogP contribution < -0.4 is 5.32 Å². The lowest BCUT2D eigenvalue weighted by Gasteiger charge is -2.03. The zero-order chi connectivity index (χ0) is 12.0. The first-order valence-electron chi connectivity index (χ1n) is 4.55. The normalized spacial score (nSPS) is 9.19. The van der Waals surface area contributed by atoms with Gasteiger partial charge in [-0.25, -0.2) is 0 Å². The van der Waals surface area contributed by atoms with Crippen LogP contribution in [0, 0.1) is 21.4 Å². The van der Waals surface area contributed by atoms with Gasteiger partial charge in [0.15, 0.2) is 0 Å². The van der Waals surface area contributed by atoms with Crippen LogP contribution in [0.25, 0.3) is 0 Å². The van der Waals surface area contributed by atoms with Gasteiger partial charge in [-0.1, -0.05) is 12.1 Å². The minimum absolute atomic E-state index is 0.00504. The summed E-state index contributed by atoms with van der Waals surface area (Å²) in [6.45, 7) is 0.182. The van der Waals surface area contributed by atoms with Crippen LogP contribution in [0.3, 0.4) is 0 Å². The van der Waals surface area contributed by atoms with E-state index in [4.69, 9.17) is 5.26 Å². The fraction of sp³-hybridized carbons (Fsp3) is 0.200. The van der Waals surface area contributed by atoms with Gasteiger partial charge in [0.2, 0.25) is 0 Å². The summed E-state index contributed by atoms with van der Waals surface area (Å²) in [5, 5.41) is 21.3. The molecule has 16 heavy (non-hydrogen) atoms. The van der Waals surface area contributed by atoms with Gasteiger partial charge in [-0.2, -0.15) is 5.26 Å². The summed E-state index contributed by atoms with van der Waals surface area (Å²) >= 11 is 0. The van der Waals surface area contributed by atoms with Crippen LogP contribution in [0.4, 0.5) is 5.69 Å². The van der Waals surface area contributed by atoms with E-state index in [1.54, 1.807) is 6.07 Å². The molecular weight excluding hydrogens is 210 g/mol. The molecule has 0 aliphatic rings. The average Bonchev–Trinajstić information content (AvgIpc) is 2.29. The van der Waals surface area contributed by atoms with E-state index in [2.05, 4.69) is 5.32 Å². The number of para-hydroxylation sites is 1. The van der Waals surface area contributed by atoms with Crippen molar-refractivity contribution in [2.24, 2.45) is 0 Å². The van der Waals surface area contributed by atoms with Crippen molar-refractivity contribution in [2.45, 2.75) is 6.42 Å². The van der Waals surface area contributed by atoms with E-state index >= 15 is 0 Å². The molecule has 0 unspecified atom stereocenters. The third-order valence-electron chi connectivity index (χ3n) is 1.87. The Morgan fingerprint density at radius 2 is 2.19 bits per heavy atom. The largest absolute Gasteiger partial charge is 0.351 e. The first-order valence-corrected chi connectivity index (χ1v) is 4.55. The van der Waals surface area contributed by atoms with E-state index in [1.807, 2.05) is 6.07 Å². The van der Waals surface area contributed by atoms with Gasteiger partial charge in [-0.05, 0) is 6.07 Å². The van der Waals surface area contributed by atoms with Gasteiger partial charge in [0.05, 0.1) is 17.4 Å². The molecule has 0 aliphatic heterocycles. The second-order valence-corrected chi connectivity index (χ2v) is 2.94. The molecule has 0 atom stereocenters. The highest BCUT2D eigenvalue weighted by Crippen LogP contribution is 2.16. The van der Waals surface area contributed by atoms with Crippen molar-refractivity contribution >= 4 is 11.6 Å². The first-order chi connectivity index (χ1) is 7.66. The molecule has 6 heteroatoms. The third kappa shape index (κ3) is 2.78. The van der Waals surface area contributed by atoms with E-state index in [0.29, 0.717) is 0 Å². The zero-order valence-electron chi connectivity index (χ0n) is 8.34. The zero-order valence-corrected chi connectivity index (χ0v) is 8.34. The Morgan fingerprint density at radius 1 is 1.50 bits per heavy atom. The number of hydrogen-bond donors (Lipinski definition) is 1. The topological polar surface area (TPSA) is 96.0 Å². The van der Waals surface area contributed by atoms with Crippen molar-refractivity contribution in [3.63, 3.8) is 0 Å². The number of hydrogen-bond acceptors (Lipinski definition) is 4. The van der Waals surface area contributed by atoms with Crippen molar-refractivity contribution < 1.29 is 9.72 Å². The first kappa shape index (κ1) is 11.7. The molecule has 6 nitrogen and oxygen atoms in total. The molecule has 0 heterocycles. The third-order valence-corrected chi connectivity index (χ3v) is 1.87. The predicted molar refractivity (Wildman–Crippen MR) is 55.7 cm³/mol. The average molecular weight is 219 g/mol. The maximum absolute atomic E-state index is 11.5. The number of carbonyl (C=O) groups excluding carboxylic acids is 1. The molecule has 1 rings (SSSR count). The van der Waals surface area contributed by atoms with E-state index in [1.165, 1.54) is 18.2 Å². The monoisotopic (exact) mass is 219 g/mol. The Morgan fingerprint density at radius 3 is 2.81 bits per heavy atom. The van der Waals surface area contributed by atoms with Crippen LogP contribution in [0.5, 0.6) is 0 Å². The number of nitrogens with zero attached hydrogens (tertiary/aromatic N) is 2. The Kier molecular flexibility index (Phi) is 3.98. The summed E-state index contributed by atoms with van der Waals surface area (Å²) in [5.41, 5.74) is -0.234. The Balaban J connectivity index is 2.83. The maximum atomic E-state index is 11.5. The smallest absolute Gasteiger partial charge is 0.282 e. The van der Waals surface area contributed by atoms with Gasteiger partial charge in [0.1, 0.15) is 5.56 Å². The summed E-state index contributed by atoms with van der Waals surface area (Å²) in [7, 11) is 0. The highest BCUT2D eigenvalue weighted by atomic mass is 16.6. The lowest BCUT2D eigenvalue weighted by Crippen LogP contribution is -2.24. The fourth-order valence-electron chi connectivity index (χ4n) is 1.15. The number of amides is 1. The SMILES string of the molecule is N#CCCNC(=O)c1ccccc1[N+](=O)[O-]. The van der Waals surface area contributed by atoms with Gasteiger partial charge >= 0.3 is 0 Å². The van der Waals surface area contributed by atoms with Crippen LogP contribution in [0.2, 0.25) is 0 Å². The summed E-state index contributed by atoms with van der Waals surface area (Å²) in [6.07, 6.45) is 0.173. The summed E-state index contributed by atoms with van der Waals surface area (Å²) in [4.78, 5) is 21.5. The molecule has 1 aromatic rings. The van der Waals surface area contributed by atoms with Crippen LogP contribution in [0.1, 0.15) is 16.8 Å². The molecule has 0 aliphatic carbocycles. The molecule has 1 amide bonds. The van der Waals surface area contributed by atoms with Crippen molar-refractivity contribution in [3.05, 3.63) is 39.9 Å². The highest BCUT2D eigenvalue weighted by Gasteiger charge is 2.18. The van der Waals surface area contributed by atoms with Crippen LogP contribution in [-0.2, 0) is 0 Å². The summed E-state index contributed by atoms with van der Waals surface area (Å²) in [5.74, 6) is -0.539. The lowest BCUT2D eigenvalue weighted by atomic mass is 10.1. The van der Waals surface area contributed by atoms with E-state index in [9.17, 15) is 14.9 Å². The number of benzene rings is 1. The number of rotatable bonds is 4. The second-order valence-electron chi connectivity index (χ2n) is 2.94. The van der Waals surface area contributed by atoms with Gasteiger partial charge < -0.3 is 5.32 Å². The van der Waals surface area contributed by atoms with E-state index in [0.717, 1.165) is 0 Å². The van der Waals surface area contributed by atoms with Crippen molar-refractivity contribution in [3.8, 4) is 6.07 Å².